The van der Waals surface area contributed by atoms with E-state index in [0.29, 0.717) is 0 Å². The summed E-state index contributed by atoms with van der Waals surface area (Å²) in [4.78, 5) is 3.45. The second kappa shape index (κ2) is 4.55. The van der Waals surface area contributed by atoms with E-state index >= 15 is 0 Å². The first-order valence-electron chi connectivity index (χ1n) is 3.94. The molecule has 0 aromatic carbocycles. The minimum Gasteiger partial charge on any atom is -0.491 e. The Bertz CT molecular complexity index is 402. The van der Waals surface area contributed by atoms with E-state index in [1.165, 1.54) is 14.2 Å². The molecule has 0 saturated heterocycles. The normalized spacial score (nSPS) is 9.87. The summed E-state index contributed by atoms with van der Waals surface area (Å²) in [6.45, 7) is 0. The van der Waals surface area contributed by atoms with Crippen molar-refractivity contribution < 1.29 is 18.3 Å². The van der Waals surface area contributed by atoms with Crippen molar-refractivity contribution in [1.82, 2.24) is 4.98 Å². The molecule has 0 radical (unpaired) electrons. The maximum atomic E-state index is 12.5. The number of hydrogen-bond acceptors (Lipinski definition) is 4. The minimum absolute atomic E-state index is 0.0229. The molecular weight excluding hydrogens is 206 g/mol. The second-order valence-corrected chi connectivity index (χ2v) is 2.53. The third-order valence-electron chi connectivity index (χ3n) is 1.77. The van der Waals surface area contributed by atoms with Gasteiger partial charge in [-0.15, -0.1) is 0 Å². The molecule has 15 heavy (non-hydrogen) atoms. The number of pyridine rings is 1. The number of nitrogens with zero attached hydrogens (tertiary/aromatic N) is 2. The largest absolute Gasteiger partial charge is 0.491 e. The molecule has 0 aliphatic rings. The lowest BCUT2D eigenvalue weighted by Crippen LogP contribution is -2.01. The Kier molecular flexibility index (Phi) is 3.39. The zero-order chi connectivity index (χ0) is 11.4. The summed E-state index contributed by atoms with van der Waals surface area (Å²) >= 11 is 0. The van der Waals surface area contributed by atoms with Crippen molar-refractivity contribution in [3.05, 3.63) is 17.5 Å². The summed E-state index contributed by atoms with van der Waals surface area (Å²) in [6.07, 6.45) is -1.72. The highest BCUT2D eigenvalue weighted by molar-refractivity contribution is 5.53. The van der Waals surface area contributed by atoms with Gasteiger partial charge in [-0.3, -0.25) is 0 Å². The van der Waals surface area contributed by atoms with E-state index in [9.17, 15) is 8.78 Å². The van der Waals surface area contributed by atoms with Crippen LogP contribution in [0.5, 0.6) is 11.5 Å². The lowest BCUT2D eigenvalue weighted by atomic mass is 10.2. The predicted octanol–water partition coefficient (Wildman–Crippen LogP) is 1.91. The Morgan fingerprint density at radius 3 is 2.47 bits per heavy atom. The molecule has 0 spiro atoms. The molecule has 6 heteroatoms. The Balaban J connectivity index is 3.43. The number of hydrogen-bond donors (Lipinski definition) is 0. The molecule has 0 aliphatic heterocycles. The standard InChI is InChI=1S/C9H8F2N2O2/c1-14-6-4-13-7(9(10)11)5(3-12)8(6)15-2/h4,9H,1-2H3. The van der Waals surface area contributed by atoms with E-state index in [4.69, 9.17) is 14.7 Å². The van der Waals surface area contributed by atoms with Crippen molar-refractivity contribution in [2.24, 2.45) is 0 Å². The minimum atomic E-state index is -2.82. The summed E-state index contributed by atoms with van der Waals surface area (Å²) in [7, 11) is 2.61. The number of halogens is 2. The SMILES string of the molecule is COc1cnc(C(F)F)c(C#N)c1OC. The number of methoxy groups -OCH3 is 2. The first kappa shape index (κ1) is 11.2. The van der Waals surface area contributed by atoms with Crippen molar-refractivity contribution in [3.8, 4) is 17.6 Å². The maximum absolute atomic E-state index is 12.5. The van der Waals surface area contributed by atoms with Crippen molar-refractivity contribution >= 4 is 0 Å². The molecule has 0 atom stereocenters. The van der Waals surface area contributed by atoms with Gasteiger partial charge >= 0.3 is 0 Å². The lowest BCUT2D eigenvalue weighted by molar-refractivity contribution is 0.145. The molecule has 0 fully saturated rings. The maximum Gasteiger partial charge on any atom is 0.281 e. The molecule has 0 saturated carbocycles. The quantitative estimate of drug-likeness (QED) is 0.771. The molecule has 1 rings (SSSR count). The average molecular weight is 214 g/mol. The zero-order valence-corrected chi connectivity index (χ0v) is 8.12. The van der Waals surface area contributed by atoms with Gasteiger partial charge in [-0.1, -0.05) is 0 Å². The van der Waals surface area contributed by atoms with Crippen molar-refractivity contribution in [3.63, 3.8) is 0 Å². The number of rotatable bonds is 3. The fourth-order valence-corrected chi connectivity index (χ4v) is 1.11. The van der Waals surface area contributed by atoms with Gasteiger partial charge < -0.3 is 9.47 Å². The van der Waals surface area contributed by atoms with Gasteiger partial charge in [-0.25, -0.2) is 13.8 Å². The number of nitriles is 1. The van der Waals surface area contributed by atoms with Gasteiger partial charge in [0.05, 0.1) is 20.4 Å². The number of alkyl halides is 2. The van der Waals surface area contributed by atoms with Crippen LogP contribution in [-0.2, 0) is 0 Å². The van der Waals surface area contributed by atoms with E-state index in [1.54, 1.807) is 6.07 Å². The van der Waals surface area contributed by atoms with Crippen molar-refractivity contribution in [1.29, 1.82) is 5.26 Å². The van der Waals surface area contributed by atoms with Gasteiger partial charge in [0.1, 0.15) is 17.3 Å². The topological polar surface area (TPSA) is 55.1 Å². The first-order valence-corrected chi connectivity index (χ1v) is 3.94. The third-order valence-corrected chi connectivity index (χ3v) is 1.77. The van der Waals surface area contributed by atoms with Gasteiger partial charge in [0.15, 0.2) is 11.5 Å². The highest BCUT2D eigenvalue weighted by atomic mass is 19.3. The smallest absolute Gasteiger partial charge is 0.281 e. The summed E-state index contributed by atoms with van der Waals surface area (Å²) < 4.78 is 34.6. The highest BCUT2D eigenvalue weighted by Crippen LogP contribution is 2.34. The molecule has 4 nitrogen and oxygen atoms in total. The lowest BCUT2D eigenvalue weighted by Gasteiger charge is -2.10. The Morgan fingerprint density at radius 2 is 2.07 bits per heavy atom. The molecule has 80 valence electrons. The van der Waals surface area contributed by atoms with E-state index in [-0.39, 0.29) is 17.1 Å². The van der Waals surface area contributed by atoms with Crippen LogP contribution in [0, 0.1) is 11.3 Å². The Morgan fingerprint density at radius 1 is 1.40 bits per heavy atom. The van der Waals surface area contributed by atoms with Crippen molar-refractivity contribution in [2.75, 3.05) is 14.2 Å². The van der Waals surface area contributed by atoms with E-state index < -0.39 is 12.1 Å². The Hall–Kier alpha value is -1.90. The molecule has 0 bridgehead atoms. The van der Waals surface area contributed by atoms with Crippen LogP contribution in [0.1, 0.15) is 17.7 Å². The van der Waals surface area contributed by atoms with Gasteiger partial charge in [-0.2, -0.15) is 5.26 Å². The van der Waals surface area contributed by atoms with Crippen LogP contribution in [0.25, 0.3) is 0 Å². The highest BCUT2D eigenvalue weighted by Gasteiger charge is 2.21. The van der Waals surface area contributed by atoms with Gasteiger partial charge in [0.25, 0.3) is 6.43 Å². The van der Waals surface area contributed by atoms with Crippen LogP contribution in [0.4, 0.5) is 8.78 Å². The fourth-order valence-electron chi connectivity index (χ4n) is 1.11. The van der Waals surface area contributed by atoms with Gasteiger partial charge in [0, 0.05) is 0 Å². The summed E-state index contributed by atoms with van der Waals surface area (Å²) in [5, 5.41) is 8.74. The van der Waals surface area contributed by atoms with Crippen molar-refractivity contribution in [2.45, 2.75) is 6.43 Å². The van der Waals surface area contributed by atoms with Gasteiger partial charge in [0.2, 0.25) is 0 Å². The Labute approximate surface area is 85.1 Å². The van der Waals surface area contributed by atoms with Crippen LogP contribution in [0.3, 0.4) is 0 Å². The van der Waals surface area contributed by atoms with E-state index in [2.05, 4.69) is 4.98 Å². The molecular formula is C9H8F2N2O2. The molecule has 0 aliphatic carbocycles. The summed E-state index contributed by atoms with van der Waals surface area (Å²) in [5.41, 5.74) is -0.901. The zero-order valence-electron chi connectivity index (χ0n) is 8.12. The monoisotopic (exact) mass is 214 g/mol. The van der Waals surface area contributed by atoms with Crippen LogP contribution in [-0.4, -0.2) is 19.2 Å². The second-order valence-electron chi connectivity index (χ2n) is 2.53. The first-order chi connectivity index (χ1) is 7.15. The van der Waals surface area contributed by atoms with Crippen LogP contribution >= 0.6 is 0 Å². The average Bonchev–Trinajstić information content (AvgIpc) is 2.26. The van der Waals surface area contributed by atoms with Gasteiger partial charge in [-0.05, 0) is 0 Å². The predicted molar refractivity (Wildman–Crippen MR) is 47.0 cm³/mol. The molecule has 0 N–H and O–H groups in total. The molecule has 0 unspecified atom stereocenters. The number of ether oxygens (including phenoxy) is 2. The third kappa shape index (κ3) is 1.96. The molecule has 1 aromatic rings. The molecule has 0 amide bonds. The van der Waals surface area contributed by atoms with Crippen LogP contribution < -0.4 is 9.47 Å². The summed E-state index contributed by atoms with van der Waals surface area (Å²) in [5.74, 6) is 0.128. The van der Waals surface area contributed by atoms with E-state index in [0.717, 1.165) is 6.20 Å². The fraction of sp³-hybridized carbons (Fsp3) is 0.333. The van der Waals surface area contributed by atoms with Crippen LogP contribution in [0.2, 0.25) is 0 Å². The molecule has 1 heterocycles. The number of aromatic nitrogens is 1. The molecule has 1 aromatic heterocycles. The summed E-state index contributed by atoms with van der Waals surface area (Å²) in [6, 6.07) is 1.62. The van der Waals surface area contributed by atoms with E-state index in [1.807, 2.05) is 0 Å². The van der Waals surface area contributed by atoms with Crippen LogP contribution in [0.15, 0.2) is 6.20 Å².